The highest BCUT2D eigenvalue weighted by Crippen LogP contribution is 2.19. The standard InChI is InChI=1S/C19H23N3OS2/c1-13-7-9-16(10-8-13)25-12-11-18(23)21-22-19(24)20-17-6-4-5-14(2)15(17)3/h4-10H,11-12H2,1-3H3,(H,21,23)(H2,20,22,24). The molecule has 2 aromatic rings. The minimum Gasteiger partial charge on any atom is -0.331 e. The lowest BCUT2D eigenvalue weighted by Gasteiger charge is -2.14. The van der Waals surface area contributed by atoms with Crippen LogP contribution in [0.25, 0.3) is 0 Å². The van der Waals surface area contributed by atoms with Gasteiger partial charge in [-0.25, -0.2) is 0 Å². The summed E-state index contributed by atoms with van der Waals surface area (Å²) >= 11 is 6.88. The van der Waals surface area contributed by atoms with E-state index in [1.807, 2.05) is 32.0 Å². The number of hydrogen-bond acceptors (Lipinski definition) is 3. The topological polar surface area (TPSA) is 53.2 Å². The molecule has 0 unspecified atom stereocenters. The van der Waals surface area contributed by atoms with Gasteiger partial charge in [-0.15, -0.1) is 11.8 Å². The van der Waals surface area contributed by atoms with Crippen molar-refractivity contribution in [3.05, 3.63) is 59.2 Å². The summed E-state index contributed by atoms with van der Waals surface area (Å²) in [6, 6.07) is 14.2. The van der Waals surface area contributed by atoms with Crippen LogP contribution in [0.5, 0.6) is 0 Å². The van der Waals surface area contributed by atoms with E-state index in [0.29, 0.717) is 17.3 Å². The number of nitrogens with one attached hydrogen (secondary N) is 3. The van der Waals surface area contributed by atoms with Crippen LogP contribution in [0.15, 0.2) is 47.4 Å². The van der Waals surface area contributed by atoms with Crippen molar-refractivity contribution in [1.82, 2.24) is 10.9 Å². The normalized spacial score (nSPS) is 10.2. The van der Waals surface area contributed by atoms with Gasteiger partial charge in [-0.05, 0) is 62.3 Å². The first kappa shape index (κ1) is 19.3. The zero-order valence-corrected chi connectivity index (χ0v) is 16.3. The molecule has 0 aliphatic heterocycles. The first-order valence-electron chi connectivity index (χ1n) is 8.07. The number of thiocarbonyl (C=S) groups is 1. The van der Waals surface area contributed by atoms with Crippen LogP contribution in [0.2, 0.25) is 0 Å². The Hall–Kier alpha value is -2.05. The number of rotatable bonds is 5. The van der Waals surface area contributed by atoms with E-state index in [9.17, 15) is 4.79 Å². The lowest BCUT2D eigenvalue weighted by molar-refractivity contribution is -0.121. The van der Waals surface area contributed by atoms with E-state index in [2.05, 4.69) is 47.4 Å². The zero-order valence-electron chi connectivity index (χ0n) is 14.7. The molecule has 0 aromatic heterocycles. The van der Waals surface area contributed by atoms with Gasteiger partial charge in [0.05, 0.1) is 0 Å². The molecule has 132 valence electrons. The molecule has 2 rings (SSSR count). The van der Waals surface area contributed by atoms with Crippen LogP contribution in [0.1, 0.15) is 23.1 Å². The van der Waals surface area contributed by atoms with Crippen molar-refractivity contribution in [2.45, 2.75) is 32.1 Å². The van der Waals surface area contributed by atoms with Crippen molar-refractivity contribution in [2.75, 3.05) is 11.1 Å². The van der Waals surface area contributed by atoms with Crippen LogP contribution in [0.4, 0.5) is 5.69 Å². The van der Waals surface area contributed by atoms with E-state index in [4.69, 9.17) is 12.2 Å². The van der Waals surface area contributed by atoms with E-state index in [1.54, 1.807) is 11.8 Å². The second-order valence-corrected chi connectivity index (χ2v) is 7.36. The molecule has 0 aliphatic carbocycles. The van der Waals surface area contributed by atoms with Crippen molar-refractivity contribution < 1.29 is 4.79 Å². The maximum atomic E-state index is 11.9. The number of aryl methyl sites for hydroxylation is 2. The molecule has 0 spiro atoms. The molecule has 0 heterocycles. The Kier molecular flexibility index (Phi) is 7.28. The van der Waals surface area contributed by atoms with Gasteiger partial charge in [0.25, 0.3) is 0 Å². The van der Waals surface area contributed by atoms with Crippen molar-refractivity contribution in [3.8, 4) is 0 Å². The number of hydrazine groups is 1. The number of thioether (sulfide) groups is 1. The van der Waals surface area contributed by atoms with Gasteiger partial charge in [0.15, 0.2) is 5.11 Å². The van der Waals surface area contributed by atoms with Crippen LogP contribution < -0.4 is 16.2 Å². The highest BCUT2D eigenvalue weighted by atomic mass is 32.2. The molecule has 0 fully saturated rings. The zero-order chi connectivity index (χ0) is 18.2. The highest BCUT2D eigenvalue weighted by molar-refractivity contribution is 7.99. The summed E-state index contributed by atoms with van der Waals surface area (Å²) in [6.07, 6.45) is 0.414. The lowest BCUT2D eigenvalue weighted by Crippen LogP contribution is -2.43. The van der Waals surface area contributed by atoms with Crippen LogP contribution in [0, 0.1) is 20.8 Å². The van der Waals surface area contributed by atoms with Gasteiger partial charge in [0.2, 0.25) is 5.91 Å². The summed E-state index contributed by atoms with van der Waals surface area (Å²) in [7, 11) is 0. The molecule has 0 atom stereocenters. The molecule has 0 bridgehead atoms. The first-order valence-corrected chi connectivity index (χ1v) is 9.46. The second kappa shape index (κ2) is 9.44. The molecule has 2 aromatic carbocycles. The van der Waals surface area contributed by atoms with Gasteiger partial charge in [-0.3, -0.25) is 15.6 Å². The minimum atomic E-state index is -0.0928. The molecule has 0 aliphatic rings. The predicted molar refractivity (Wildman–Crippen MR) is 110 cm³/mol. The molecule has 1 amide bonds. The van der Waals surface area contributed by atoms with E-state index in [1.165, 1.54) is 16.0 Å². The second-order valence-electron chi connectivity index (χ2n) is 5.79. The Bertz CT molecular complexity index is 745. The molecule has 0 saturated heterocycles. The quantitative estimate of drug-likeness (QED) is 0.418. The van der Waals surface area contributed by atoms with Crippen LogP contribution in [-0.2, 0) is 4.79 Å². The Balaban J connectivity index is 1.69. The van der Waals surface area contributed by atoms with Crippen molar-refractivity contribution in [3.63, 3.8) is 0 Å². The summed E-state index contributed by atoms with van der Waals surface area (Å²) in [5, 5.41) is 3.46. The summed E-state index contributed by atoms with van der Waals surface area (Å²) in [5.41, 5.74) is 9.85. The average molecular weight is 374 g/mol. The van der Waals surface area contributed by atoms with Crippen LogP contribution in [-0.4, -0.2) is 16.8 Å². The first-order chi connectivity index (χ1) is 12.0. The van der Waals surface area contributed by atoms with Gasteiger partial charge in [-0.1, -0.05) is 29.8 Å². The Morgan fingerprint density at radius 1 is 1.04 bits per heavy atom. The van der Waals surface area contributed by atoms with Crippen molar-refractivity contribution in [2.24, 2.45) is 0 Å². The van der Waals surface area contributed by atoms with E-state index in [0.717, 1.165) is 11.3 Å². The molecule has 3 N–H and O–H groups in total. The monoisotopic (exact) mass is 373 g/mol. The smallest absolute Gasteiger partial charge is 0.239 e. The lowest BCUT2D eigenvalue weighted by atomic mass is 10.1. The number of benzene rings is 2. The van der Waals surface area contributed by atoms with Crippen LogP contribution >= 0.6 is 24.0 Å². The summed E-state index contributed by atoms with van der Waals surface area (Å²) in [4.78, 5) is 13.1. The SMILES string of the molecule is Cc1ccc(SCCC(=O)NNC(=S)Nc2cccc(C)c2C)cc1. The summed E-state index contributed by atoms with van der Waals surface area (Å²) < 4.78 is 0. The predicted octanol–water partition coefficient (Wildman–Crippen LogP) is 4.11. The molecular weight excluding hydrogens is 350 g/mol. The highest BCUT2D eigenvalue weighted by Gasteiger charge is 2.05. The third-order valence-electron chi connectivity index (χ3n) is 3.79. The number of anilines is 1. The molecule has 4 nitrogen and oxygen atoms in total. The van der Waals surface area contributed by atoms with E-state index in [-0.39, 0.29) is 5.91 Å². The molecular formula is C19H23N3OS2. The minimum absolute atomic E-state index is 0.0928. The Morgan fingerprint density at radius 2 is 1.76 bits per heavy atom. The van der Waals surface area contributed by atoms with Crippen molar-refractivity contribution >= 4 is 40.7 Å². The van der Waals surface area contributed by atoms with Gasteiger partial charge in [-0.2, -0.15) is 0 Å². The fourth-order valence-corrected chi connectivity index (χ4v) is 3.14. The number of carbonyl (C=O) groups excluding carboxylic acids is 1. The molecule has 0 saturated carbocycles. The molecule has 25 heavy (non-hydrogen) atoms. The Labute approximate surface area is 158 Å². The maximum absolute atomic E-state index is 11.9. The number of amides is 1. The third kappa shape index (κ3) is 6.40. The van der Waals surface area contributed by atoms with Crippen LogP contribution in [0.3, 0.4) is 0 Å². The van der Waals surface area contributed by atoms with E-state index >= 15 is 0 Å². The molecule has 0 radical (unpaired) electrons. The number of carbonyl (C=O) groups is 1. The fraction of sp³-hybridized carbons (Fsp3) is 0.263. The van der Waals surface area contributed by atoms with Gasteiger partial charge in [0, 0.05) is 22.8 Å². The number of hydrogen-bond donors (Lipinski definition) is 3. The van der Waals surface area contributed by atoms with Gasteiger partial charge >= 0.3 is 0 Å². The molecule has 6 heteroatoms. The third-order valence-corrected chi connectivity index (χ3v) is 5.00. The van der Waals surface area contributed by atoms with Crippen molar-refractivity contribution in [1.29, 1.82) is 0 Å². The summed E-state index contributed by atoms with van der Waals surface area (Å²) in [5.74, 6) is 0.623. The maximum Gasteiger partial charge on any atom is 0.239 e. The van der Waals surface area contributed by atoms with Gasteiger partial charge in [0.1, 0.15) is 0 Å². The van der Waals surface area contributed by atoms with Gasteiger partial charge < -0.3 is 5.32 Å². The Morgan fingerprint density at radius 3 is 2.48 bits per heavy atom. The van der Waals surface area contributed by atoms with E-state index < -0.39 is 0 Å². The fourth-order valence-electron chi connectivity index (χ4n) is 2.13. The average Bonchev–Trinajstić information content (AvgIpc) is 2.59. The summed E-state index contributed by atoms with van der Waals surface area (Å²) in [6.45, 7) is 6.13. The largest absolute Gasteiger partial charge is 0.331 e.